The molecule has 0 aliphatic carbocycles. The quantitative estimate of drug-likeness (QED) is 0.529. The summed E-state index contributed by atoms with van der Waals surface area (Å²) in [7, 11) is 0. The van der Waals surface area contributed by atoms with Crippen molar-refractivity contribution in [1.29, 1.82) is 0 Å². The van der Waals surface area contributed by atoms with Crippen LogP contribution < -0.4 is 5.32 Å². The van der Waals surface area contributed by atoms with Crippen molar-refractivity contribution in [3.8, 4) is 0 Å². The van der Waals surface area contributed by atoms with E-state index in [0.29, 0.717) is 28.2 Å². The topological polar surface area (TPSA) is 59.8 Å². The molecule has 0 saturated heterocycles. The molecule has 9 heteroatoms. The van der Waals surface area contributed by atoms with Crippen LogP contribution in [0.3, 0.4) is 0 Å². The number of carbonyl (C=O) groups is 1. The minimum absolute atomic E-state index is 0.000667. The first-order chi connectivity index (χ1) is 13.5. The number of rotatable bonds is 7. The van der Waals surface area contributed by atoms with Crippen LogP contribution >= 0.6 is 35.0 Å². The Labute approximate surface area is 176 Å². The molecule has 0 saturated carbocycles. The third kappa shape index (κ3) is 4.84. The molecule has 0 radical (unpaired) electrons. The van der Waals surface area contributed by atoms with Crippen molar-refractivity contribution in [2.24, 2.45) is 0 Å². The molecule has 1 N–H and O–H groups in total. The number of halogens is 3. The highest BCUT2D eigenvalue weighted by atomic mass is 35.5. The Balaban J connectivity index is 1.65. The van der Waals surface area contributed by atoms with E-state index in [4.69, 9.17) is 23.2 Å². The van der Waals surface area contributed by atoms with Gasteiger partial charge < -0.3 is 9.88 Å². The lowest BCUT2D eigenvalue weighted by atomic mass is 10.2. The third-order valence-corrected chi connectivity index (χ3v) is 5.76. The van der Waals surface area contributed by atoms with Gasteiger partial charge in [-0.3, -0.25) is 4.79 Å². The molecule has 0 aliphatic heterocycles. The van der Waals surface area contributed by atoms with Gasteiger partial charge in [-0.05, 0) is 36.8 Å². The van der Waals surface area contributed by atoms with Crippen LogP contribution in [0, 0.1) is 5.82 Å². The second-order valence-electron chi connectivity index (χ2n) is 5.84. The summed E-state index contributed by atoms with van der Waals surface area (Å²) in [4.78, 5) is 12.2. The third-order valence-electron chi connectivity index (χ3n) is 3.99. The highest BCUT2D eigenvalue weighted by Gasteiger charge is 2.15. The molecule has 0 bridgehead atoms. The SMILES string of the molecule is CCn1c(CNC(=O)c2ccccc2F)nnc1SCc1ccc(Cl)c(Cl)c1. The lowest BCUT2D eigenvalue weighted by Crippen LogP contribution is -2.25. The van der Waals surface area contributed by atoms with E-state index in [0.717, 1.165) is 10.7 Å². The van der Waals surface area contributed by atoms with Crippen molar-refractivity contribution in [1.82, 2.24) is 20.1 Å². The van der Waals surface area contributed by atoms with Crippen LogP contribution in [0.1, 0.15) is 28.7 Å². The van der Waals surface area contributed by atoms with E-state index in [1.165, 1.54) is 30.0 Å². The molecular formula is C19H17Cl2FN4OS. The van der Waals surface area contributed by atoms with E-state index in [-0.39, 0.29) is 12.1 Å². The molecule has 0 aliphatic rings. The molecule has 0 atom stereocenters. The highest BCUT2D eigenvalue weighted by Crippen LogP contribution is 2.27. The van der Waals surface area contributed by atoms with Crippen molar-refractivity contribution in [3.05, 3.63) is 75.3 Å². The van der Waals surface area contributed by atoms with Crippen molar-refractivity contribution < 1.29 is 9.18 Å². The number of aromatic nitrogens is 3. The first-order valence-corrected chi connectivity index (χ1v) is 10.2. The van der Waals surface area contributed by atoms with Crippen molar-refractivity contribution in [3.63, 3.8) is 0 Å². The lowest BCUT2D eigenvalue weighted by molar-refractivity contribution is 0.0945. The maximum atomic E-state index is 13.7. The van der Waals surface area contributed by atoms with Crippen LogP contribution in [-0.4, -0.2) is 20.7 Å². The van der Waals surface area contributed by atoms with Gasteiger partial charge in [-0.2, -0.15) is 0 Å². The molecule has 1 heterocycles. The summed E-state index contributed by atoms with van der Waals surface area (Å²) in [6.45, 7) is 2.76. The molecule has 1 amide bonds. The average molecular weight is 439 g/mol. The summed E-state index contributed by atoms with van der Waals surface area (Å²) in [5.74, 6) is 0.198. The number of thioether (sulfide) groups is 1. The van der Waals surface area contributed by atoms with Crippen LogP contribution in [0.25, 0.3) is 0 Å². The van der Waals surface area contributed by atoms with Gasteiger partial charge in [0.05, 0.1) is 22.2 Å². The highest BCUT2D eigenvalue weighted by molar-refractivity contribution is 7.98. The van der Waals surface area contributed by atoms with Gasteiger partial charge in [0, 0.05) is 12.3 Å². The van der Waals surface area contributed by atoms with Gasteiger partial charge in [-0.25, -0.2) is 4.39 Å². The normalized spacial score (nSPS) is 10.9. The van der Waals surface area contributed by atoms with E-state index in [2.05, 4.69) is 15.5 Å². The monoisotopic (exact) mass is 438 g/mol. The van der Waals surface area contributed by atoms with E-state index < -0.39 is 11.7 Å². The van der Waals surface area contributed by atoms with E-state index in [1.54, 1.807) is 12.1 Å². The van der Waals surface area contributed by atoms with Crippen LogP contribution in [0.15, 0.2) is 47.6 Å². The summed E-state index contributed by atoms with van der Waals surface area (Å²) in [5, 5.41) is 12.8. The predicted octanol–water partition coefficient (Wildman–Crippen LogP) is 4.97. The molecule has 5 nitrogen and oxygen atoms in total. The largest absolute Gasteiger partial charge is 0.345 e. The van der Waals surface area contributed by atoms with Gasteiger partial charge in [0.15, 0.2) is 11.0 Å². The molecule has 3 aromatic rings. The summed E-state index contributed by atoms with van der Waals surface area (Å²) < 4.78 is 15.6. The van der Waals surface area contributed by atoms with Gasteiger partial charge in [-0.1, -0.05) is 53.2 Å². The standard InChI is InChI=1S/C19H17Cl2FN4OS/c1-2-26-17(10-23-18(27)13-5-3-4-6-16(13)22)24-25-19(26)28-11-12-7-8-14(20)15(21)9-12/h3-9H,2,10-11H2,1H3,(H,23,27). The van der Waals surface area contributed by atoms with Gasteiger partial charge in [0.25, 0.3) is 5.91 Å². The molecular weight excluding hydrogens is 422 g/mol. The minimum Gasteiger partial charge on any atom is -0.345 e. The fourth-order valence-electron chi connectivity index (χ4n) is 2.55. The fourth-order valence-corrected chi connectivity index (χ4v) is 3.84. The minimum atomic E-state index is -0.560. The first-order valence-electron chi connectivity index (χ1n) is 8.51. The van der Waals surface area contributed by atoms with E-state index in [1.807, 2.05) is 23.6 Å². The number of nitrogens with one attached hydrogen (secondary N) is 1. The molecule has 3 rings (SSSR count). The number of benzene rings is 2. The molecule has 146 valence electrons. The zero-order chi connectivity index (χ0) is 20.1. The van der Waals surface area contributed by atoms with Crippen LogP contribution in [0.4, 0.5) is 4.39 Å². The zero-order valence-electron chi connectivity index (χ0n) is 15.0. The number of hydrogen-bond acceptors (Lipinski definition) is 4. The van der Waals surface area contributed by atoms with Gasteiger partial charge in [-0.15, -0.1) is 10.2 Å². The number of carbonyl (C=O) groups excluding carboxylic acids is 1. The van der Waals surface area contributed by atoms with Crippen molar-refractivity contribution in [2.75, 3.05) is 0 Å². The maximum absolute atomic E-state index is 13.7. The average Bonchev–Trinajstić information content (AvgIpc) is 3.09. The van der Waals surface area contributed by atoms with Crippen LogP contribution in [0.2, 0.25) is 10.0 Å². The number of amides is 1. The number of nitrogens with zero attached hydrogens (tertiary/aromatic N) is 3. The van der Waals surface area contributed by atoms with Crippen molar-refractivity contribution in [2.45, 2.75) is 30.9 Å². The summed E-state index contributed by atoms with van der Waals surface area (Å²) in [6, 6.07) is 11.3. The van der Waals surface area contributed by atoms with Gasteiger partial charge in [0.1, 0.15) is 5.82 Å². The Kier molecular flexibility index (Phi) is 6.93. The predicted molar refractivity (Wildman–Crippen MR) is 109 cm³/mol. The first kappa shape index (κ1) is 20.6. The molecule has 28 heavy (non-hydrogen) atoms. The second-order valence-corrected chi connectivity index (χ2v) is 7.60. The summed E-state index contributed by atoms with van der Waals surface area (Å²) >= 11 is 13.5. The molecule has 0 fully saturated rings. The van der Waals surface area contributed by atoms with E-state index >= 15 is 0 Å². The maximum Gasteiger partial charge on any atom is 0.254 e. The Morgan fingerprint density at radius 3 is 2.68 bits per heavy atom. The summed E-state index contributed by atoms with van der Waals surface area (Å²) in [6.07, 6.45) is 0. The summed E-state index contributed by atoms with van der Waals surface area (Å²) in [5.41, 5.74) is 1.01. The Hall–Kier alpha value is -2.09. The second kappa shape index (κ2) is 9.41. The smallest absolute Gasteiger partial charge is 0.254 e. The van der Waals surface area contributed by atoms with Gasteiger partial charge in [0.2, 0.25) is 0 Å². The Morgan fingerprint density at radius 2 is 1.96 bits per heavy atom. The molecule has 1 aromatic heterocycles. The van der Waals surface area contributed by atoms with Gasteiger partial charge >= 0.3 is 0 Å². The van der Waals surface area contributed by atoms with Crippen molar-refractivity contribution >= 4 is 40.9 Å². The van der Waals surface area contributed by atoms with Crippen LogP contribution in [0.5, 0.6) is 0 Å². The molecule has 0 unspecified atom stereocenters. The number of hydrogen-bond donors (Lipinski definition) is 1. The molecule has 0 spiro atoms. The molecule has 2 aromatic carbocycles. The Bertz CT molecular complexity index is 996. The Morgan fingerprint density at radius 1 is 1.18 bits per heavy atom. The lowest BCUT2D eigenvalue weighted by Gasteiger charge is -2.09. The zero-order valence-corrected chi connectivity index (χ0v) is 17.3. The fraction of sp³-hybridized carbons (Fsp3) is 0.211. The van der Waals surface area contributed by atoms with E-state index in [9.17, 15) is 9.18 Å². The van der Waals surface area contributed by atoms with Crippen LogP contribution in [-0.2, 0) is 18.8 Å².